The first-order chi connectivity index (χ1) is 6.88. The molecule has 72 valence electrons. The normalized spacial score (nSPS) is 10.4. The number of nitrogens with two attached hydrogens (primary N) is 1. The molecule has 0 fully saturated rings. The summed E-state index contributed by atoms with van der Waals surface area (Å²) in [5.41, 5.74) is 7.45. The molecule has 2 aromatic rings. The van der Waals surface area contributed by atoms with Crippen molar-refractivity contribution in [1.29, 1.82) is 0 Å². The lowest BCUT2D eigenvalue weighted by Gasteiger charge is -2.01. The molecule has 0 amide bonds. The van der Waals surface area contributed by atoms with Crippen LogP contribution in [0.4, 0.5) is 0 Å². The van der Waals surface area contributed by atoms with Gasteiger partial charge in [0.2, 0.25) is 0 Å². The standard InChI is InChI=1S/C9H11N5/c10-3-8-1-2-9(12-4-8)5-14-7-11-6-13-14/h1-2,4,6-7H,3,5,10H2. The monoisotopic (exact) mass is 189 g/mol. The highest BCUT2D eigenvalue weighted by Crippen LogP contribution is 2.00. The van der Waals surface area contributed by atoms with Crippen LogP contribution >= 0.6 is 0 Å². The molecule has 0 aliphatic heterocycles. The fourth-order valence-corrected chi connectivity index (χ4v) is 1.15. The van der Waals surface area contributed by atoms with Crippen LogP contribution in [0.25, 0.3) is 0 Å². The zero-order chi connectivity index (χ0) is 9.80. The molecule has 5 heteroatoms. The fourth-order valence-electron chi connectivity index (χ4n) is 1.15. The Morgan fingerprint density at radius 3 is 2.86 bits per heavy atom. The van der Waals surface area contributed by atoms with Crippen LogP contribution in [0.5, 0.6) is 0 Å². The Kier molecular flexibility index (Phi) is 2.51. The van der Waals surface area contributed by atoms with E-state index in [1.165, 1.54) is 6.33 Å². The van der Waals surface area contributed by atoms with Crippen molar-refractivity contribution in [2.45, 2.75) is 13.1 Å². The van der Waals surface area contributed by atoms with Gasteiger partial charge in [0.15, 0.2) is 0 Å². The van der Waals surface area contributed by atoms with Crippen molar-refractivity contribution >= 4 is 0 Å². The maximum Gasteiger partial charge on any atom is 0.137 e. The SMILES string of the molecule is NCc1ccc(Cn2cncn2)nc1. The molecule has 0 radical (unpaired) electrons. The smallest absolute Gasteiger partial charge is 0.137 e. The lowest BCUT2D eigenvalue weighted by atomic mass is 10.2. The van der Waals surface area contributed by atoms with Gasteiger partial charge in [0.1, 0.15) is 12.7 Å². The molecule has 2 heterocycles. The Bertz CT molecular complexity index is 378. The molecule has 0 aromatic carbocycles. The summed E-state index contributed by atoms with van der Waals surface area (Å²) < 4.78 is 1.73. The second kappa shape index (κ2) is 3.97. The number of hydrogen-bond donors (Lipinski definition) is 1. The molecule has 14 heavy (non-hydrogen) atoms. The van der Waals surface area contributed by atoms with Gasteiger partial charge in [-0.15, -0.1) is 0 Å². The van der Waals surface area contributed by atoms with Crippen LogP contribution in [0.3, 0.4) is 0 Å². The molecule has 2 N–H and O–H groups in total. The molecule has 2 aromatic heterocycles. The molecule has 0 aliphatic rings. The predicted octanol–water partition coefficient (Wildman–Crippen LogP) is 0.180. The zero-order valence-corrected chi connectivity index (χ0v) is 7.67. The van der Waals surface area contributed by atoms with Crippen LogP contribution in [-0.4, -0.2) is 19.7 Å². The van der Waals surface area contributed by atoms with Crippen molar-refractivity contribution in [1.82, 2.24) is 19.7 Å². The van der Waals surface area contributed by atoms with Gasteiger partial charge in [-0.2, -0.15) is 5.10 Å². The lowest BCUT2D eigenvalue weighted by molar-refractivity contribution is 0.670. The van der Waals surface area contributed by atoms with Crippen molar-refractivity contribution < 1.29 is 0 Å². The summed E-state index contributed by atoms with van der Waals surface area (Å²) in [5.74, 6) is 0. The summed E-state index contributed by atoms with van der Waals surface area (Å²) in [6.45, 7) is 1.17. The number of aromatic nitrogens is 4. The molecule has 0 spiro atoms. The van der Waals surface area contributed by atoms with Crippen molar-refractivity contribution in [2.24, 2.45) is 5.73 Å². The largest absolute Gasteiger partial charge is 0.326 e. The van der Waals surface area contributed by atoms with E-state index in [-0.39, 0.29) is 0 Å². The van der Waals surface area contributed by atoms with Gasteiger partial charge in [0.25, 0.3) is 0 Å². The van der Waals surface area contributed by atoms with Gasteiger partial charge in [0, 0.05) is 12.7 Å². The van der Waals surface area contributed by atoms with Crippen LogP contribution < -0.4 is 5.73 Å². The van der Waals surface area contributed by atoms with E-state index in [2.05, 4.69) is 15.1 Å². The van der Waals surface area contributed by atoms with Crippen molar-refractivity contribution in [3.63, 3.8) is 0 Å². The van der Waals surface area contributed by atoms with E-state index in [1.54, 1.807) is 17.2 Å². The molecular weight excluding hydrogens is 178 g/mol. The third-order valence-electron chi connectivity index (χ3n) is 1.91. The first kappa shape index (κ1) is 8.83. The summed E-state index contributed by atoms with van der Waals surface area (Å²) in [6.07, 6.45) is 4.96. The van der Waals surface area contributed by atoms with Gasteiger partial charge in [-0.05, 0) is 11.6 Å². The summed E-state index contributed by atoms with van der Waals surface area (Å²) in [7, 11) is 0. The number of rotatable bonds is 3. The highest BCUT2D eigenvalue weighted by Gasteiger charge is 1.96. The van der Waals surface area contributed by atoms with Crippen LogP contribution in [0.1, 0.15) is 11.3 Å². The summed E-state index contributed by atoms with van der Waals surface area (Å²) in [6, 6.07) is 3.92. The summed E-state index contributed by atoms with van der Waals surface area (Å²) >= 11 is 0. The van der Waals surface area contributed by atoms with Gasteiger partial charge >= 0.3 is 0 Å². The van der Waals surface area contributed by atoms with E-state index in [0.717, 1.165) is 11.3 Å². The highest BCUT2D eigenvalue weighted by molar-refractivity contribution is 5.13. The lowest BCUT2D eigenvalue weighted by Crippen LogP contribution is -2.03. The quantitative estimate of drug-likeness (QED) is 0.747. The average molecular weight is 189 g/mol. The Morgan fingerprint density at radius 2 is 2.29 bits per heavy atom. The van der Waals surface area contributed by atoms with E-state index >= 15 is 0 Å². The van der Waals surface area contributed by atoms with E-state index in [9.17, 15) is 0 Å². The summed E-state index contributed by atoms with van der Waals surface area (Å²) in [4.78, 5) is 8.11. The molecule has 0 bridgehead atoms. The highest BCUT2D eigenvalue weighted by atomic mass is 15.3. The number of pyridine rings is 1. The van der Waals surface area contributed by atoms with Gasteiger partial charge in [-0.25, -0.2) is 9.67 Å². The average Bonchev–Trinajstić information content (AvgIpc) is 2.72. The Hall–Kier alpha value is -1.75. The minimum Gasteiger partial charge on any atom is -0.326 e. The predicted molar refractivity (Wildman–Crippen MR) is 51.3 cm³/mol. The maximum absolute atomic E-state index is 5.47. The topological polar surface area (TPSA) is 69.6 Å². The number of hydrogen-bond acceptors (Lipinski definition) is 4. The molecule has 5 nitrogen and oxygen atoms in total. The van der Waals surface area contributed by atoms with E-state index in [4.69, 9.17) is 5.73 Å². The van der Waals surface area contributed by atoms with Crippen LogP contribution in [0.2, 0.25) is 0 Å². The zero-order valence-electron chi connectivity index (χ0n) is 7.67. The second-order valence-electron chi connectivity index (χ2n) is 2.95. The Labute approximate surface area is 81.6 Å². The van der Waals surface area contributed by atoms with Gasteiger partial charge < -0.3 is 5.73 Å². The molecule has 0 unspecified atom stereocenters. The minimum atomic E-state index is 0.524. The molecule has 0 saturated heterocycles. The third kappa shape index (κ3) is 1.94. The molecule has 0 saturated carbocycles. The van der Waals surface area contributed by atoms with Gasteiger partial charge in [-0.3, -0.25) is 4.98 Å². The van der Waals surface area contributed by atoms with Gasteiger partial charge in [-0.1, -0.05) is 6.07 Å². The molecule has 0 atom stereocenters. The molecule has 0 aliphatic carbocycles. The van der Waals surface area contributed by atoms with Crippen LogP contribution in [0.15, 0.2) is 31.0 Å². The summed E-state index contributed by atoms with van der Waals surface area (Å²) in [5, 5.41) is 3.99. The third-order valence-corrected chi connectivity index (χ3v) is 1.91. The maximum atomic E-state index is 5.47. The van der Waals surface area contributed by atoms with E-state index in [0.29, 0.717) is 13.1 Å². The van der Waals surface area contributed by atoms with Crippen molar-refractivity contribution in [3.05, 3.63) is 42.2 Å². The first-order valence-electron chi connectivity index (χ1n) is 4.35. The second-order valence-corrected chi connectivity index (χ2v) is 2.95. The molecule has 2 rings (SSSR count). The number of nitrogens with zero attached hydrogens (tertiary/aromatic N) is 4. The van der Waals surface area contributed by atoms with E-state index < -0.39 is 0 Å². The van der Waals surface area contributed by atoms with Gasteiger partial charge in [0.05, 0.1) is 12.2 Å². The van der Waals surface area contributed by atoms with E-state index in [1.807, 2.05) is 12.1 Å². The van der Waals surface area contributed by atoms with Crippen molar-refractivity contribution in [2.75, 3.05) is 0 Å². The van der Waals surface area contributed by atoms with Crippen molar-refractivity contribution in [3.8, 4) is 0 Å². The Morgan fingerprint density at radius 1 is 1.36 bits per heavy atom. The van der Waals surface area contributed by atoms with Crippen LogP contribution in [-0.2, 0) is 13.1 Å². The van der Waals surface area contributed by atoms with Crippen LogP contribution in [0, 0.1) is 0 Å². The fraction of sp³-hybridized carbons (Fsp3) is 0.222. The first-order valence-corrected chi connectivity index (χ1v) is 4.35. The minimum absolute atomic E-state index is 0.524. The molecular formula is C9H11N5. The Balaban J connectivity index is 2.10.